The lowest BCUT2D eigenvalue weighted by molar-refractivity contribution is -0.129. The number of rotatable bonds is 6. The van der Waals surface area contributed by atoms with E-state index in [4.69, 9.17) is 0 Å². The molecule has 28 heavy (non-hydrogen) atoms. The largest absolute Gasteiger partial charge is 0.342 e. The number of thioether (sulfide) groups is 1. The molecular formula is C19H23N7OS. The van der Waals surface area contributed by atoms with Gasteiger partial charge in [0.05, 0.1) is 5.75 Å². The average Bonchev–Trinajstić information content (AvgIpc) is 3.36. The van der Waals surface area contributed by atoms with Crippen LogP contribution in [0.15, 0.2) is 47.9 Å². The first kappa shape index (κ1) is 18.7. The van der Waals surface area contributed by atoms with Gasteiger partial charge in [0.25, 0.3) is 0 Å². The number of aryl methyl sites for hydroxylation is 1. The van der Waals surface area contributed by atoms with E-state index in [1.807, 2.05) is 35.5 Å². The van der Waals surface area contributed by atoms with Gasteiger partial charge in [0.1, 0.15) is 5.82 Å². The maximum absolute atomic E-state index is 12.5. The molecule has 9 heteroatoms. The minimum Gasteiger partial charge on any atom is -0.342 e. The fourth-order valence-corrected chi connectivity index (χ4v) is 4.26. The van der Waals surface area contributed by atoms with E-state index in [9.17, 15) is 4.79 Å². The maximum Gasteiger partial charge on any atom is 0.233 e. The minimum absolute atomic E-state index is 0.152. The highest BCUT2D eigenvalue weighted by Gasteiger charge is 2.24. The van der Waals surface area contributed by atoms with E-state index < -0.39 is 0 Å². The first-order valence-corrected chi connectivity index (χ1v) is 10.4. The van der Waals surface area contributed by atoms with E-state index in [-0.39, 0.29) is 5.91 Å². The molecule has 2 aromatic heterocycles. The van der Waals surface area contributed by atoms with E-state index >= 15 is 0 Å². The van der Waals surface area contributed by atoms with Crippen molar-refractivity contribution in [2.24, 2.45) is 13.0 Å². The lowest BCUT2D eigenvalue weighted by Crippen LogP contribution is -2.40. The van der Waals surface area contributed by atoms with Crippen LogP contribution in [0.3, 0.4) is 0 Å². The molecule has 0 radical (unpaired) electrons. The van der Waals surface area contributed by atoms with Crippen LogP contribution in [0.25, 0.3) is 11.4 Å². The van der Waals surface area contributed by atoms with Crippen LogP contribution in [0, 0.1) is 5.92 Å². The van der Waals surface area contributed by atoms with Gasteiger partial charge in [0, 0.05) is 44.6 Å². The number of imidazole rings is 1. The van der Waals surface area contributed by atoms with Crippen LogP contribution in [-0.4, -0.2) is 59.4 Å². The second-order valence-corrected chi connectivity index (χ2v) is 7.91. The van der Waals surface area contributed by atoms with Gasteiger partial charge >= 0.3 is 0 Å². The van der Waals surface area contributed by atoms with Crippen molar-refractivity contribution in [2.45, 2.75) is 24.5 Å². The summed E-state index contributed by atoms with van der Waals surface area (Å²) in [7, 11) is 1.78. The molecule has 4 rings (SSSR count). The summed E-state index contributed by atoms with van der Waals surface area (Å²) in [6, 6.07) is 10.3. The molecule has 0 spiro atoms. The molecule has 3 heterocycles. The SMILES string of the molecule is Cn1nnnc1SCC(=O)N1CCC(Cn2ccnc2-c2ccccc2)CC1. The molecule has 0 aliphatic carbocycles. The van der Waals surface area contributed by atoms with Crippen molar-refractivity contribution in [3.63, 3.8) is 0 Å². The number of carbonyl (C=O) groups is 1. The monoisotopic (exact) mass is 397 g/mol. The summed E-state index contributed by atoms with van der Waals surface area (Å²) >= 11 is 1.38. The van der Waals surface area contributed by atoms with Gasteiger partial charge in [-0.1, -0.05) is 42.1 Å². The average molecular weight is 398 g/mol. The first-order valence-electron chi connectivity index (χ1n) is 9.40. The Hall–Kier alpha value is -2.68. The second kappa shape index (κ2) is 8.55. The Morgan fingerprint density at radius 2 is 2.00 bits per heavy atom. The molecule has 0 saturated carbocycles. The molecule has 1 fully saturated rings. The number of aromatic nitrogens is 6. The van der Waals surface area contributed by atoms with E-state index in [1.165, 1.54) is 11.8 Å². The summed E-state index contributed by atoms with van der Waals surface area (Å²) in [6.45, 7) is 2.54. The van der Waals surface area contributed by atoms with Crippen LogP contribution in [0.1, 0.15) is 12.8 Å². The standard InChI is InChI=1S/C19H23N7OS/c1-24-19(21-22-23-24)28-14-17(27)25-10-7-15(8-11-25)13-26-12-9-20-18(26)16-5-3-2-4-6-16/h2-6,9,12,15H,7-8,10-11,13-14H2,1H3. The Labute approximate surface area is 167 Å². The van der Waals surface area contributed by atoms with Gasteiger partial charge in [-0.25, -0.2) is 9.67 Å². The topological polar surface area (TPSA) is 81.7 Å². The summed E-state index contributed by atoms with van der Waals surface area (Å²) in [5, 5.41) is 11.9. The lowest BCUT2D eigenvalue weighted by Gasteiger charge is -2.32. The van der Waals surface area contributed by atoms with Crippen LogP contribution in [-0.2, 0) is 18.4 Å². The Balaban J connectivity index is 1.29. The molecule has 1 saturated heterocycles. The number of carbonyl (C=O) groups excluding carboxylic acids is 1. The van der Waals surface area contributed by atoms with Gasteiger partial charge < -0.3 is 9.47 Å². The fourth-order valence-electron chi connectivity index (χ4n) is 3.51. The number of amides is 1. The van der Waals surface area contributed by atoms with E-state index in [0.29, 0.717) is 16.8 Å². The fraction of sp³-hybridized carbons (Fsp3) is 0.421. The molecule has 1 amide bonds. The summed E-state index contributed by atoms with van der Waals surface area (Å²) in [4.78, 5) is 19.0. The number of benzene rings is 1. The van der Waals surface area contributed by atoms with Gasteiger partial charge in [0.2, 0.25) is 11.1 Å². The quantitative estimate of drug-likeness (QED) is 0.593. The maximum atomic E-state index is 12.5. The number of likely N-dealkylation sites (tertiary alicyclic amines) is 1. The van der Waals surface area contributed by atoms with E-state index in [2.05, 4.69) is 37.2 Å². The molecular weight excluding hydrogens is 374 g/mol. The van der Waals surface area contributed by atoms with Crippen molar-refractivity contribution in [2.75, 3.05) is 18.8 Å². The van der Waals surface area contributed by atoms with Crippen LogP contribution < -0.4 is 0 Å². The molecule has 3 aromatic rings. The summed E-state index contributed by atoms with van der Waals surface area (Å²) in [5.41, 5.74) is 1.13. The highest BCUT2D eigenvalue weighted by molar-refractivity contribution is 7.99. The van der Waals surface area contributed by atoms with Crippen molar-refractivity contribution in [3.8, 4) is 11.4 Å². The van der Waals surface area contributed by atoms with Crippen LogP contribution in [0.4, 0.5) is 0 Å². The predicted octanol–water partition coefficient (Wildman–Crippen LogP) is 2.10. The van der Waals surface area contributed by atoms with Crippen molar-refractivity contribution < 1.29 is 4.79 Å². The summed E-state index contributed by atoms with van der Waals surface area (Å²) in [5.74, 6) is 2.08. The molecule has 8 nitrogen and oxygen atoms in total. The Morgan fingerprint density at radius 3 is 2.71 bits per heavy atom. The Morgan fingerprint density at radius 1 is 1.21 bits per heavy atom. The molecule has 1 aromatic carbocycles. The second-order valence-electron chi connectivity index (χ2n) is 6.97. The summed E-state index contributed by atoms with van der Waals surface area (Å²) < 4.78 is 3.81. The number of piperidine rings is 1. The van der Waals surface area contributed by atoms with Gasteiger partial charge in [-0.3, -0.25) is 4.79 Å². The van der Waals surface area contributed by atoms with Crippen LogP contribution in [0.5, 0.6) is 0 Å². The lowest BCUT2D eigenvalue weighted by atomic mass is 9.96. The van der Waals surface area contributed by atoms with E-state index in [0.717, 1.165) is 43.9 Å². The summed E-state index contributed by atoms with van der Waals surface area (Å²) in [6.07, 6.45) is 5.92. The van der Waals surface area contributed by atoms with Crippen molar-refractivity contribution >= 4 is 17.7 Å². The third-order valence-corrected chi connectivity index (χ3v) is 6.07. The third kappa shape index (κ3) is 4.24. The molecule has 146 valence electrons. The molecule has 0 N–H and O–H groups in total. The number of hydrogen-bond acceptors (Lipinski definition) is 6. The van der Waals surface area contributed by atoms with Crippen LogP contribution >= 0.6 is 11.8 Å². The number of tetrazole rings is 1. The van der Waals surface area contributed by atoms with Gasteiger partial charge in [-0.15, -0.1) is 5.10 Å². The van der Waals surface area contributed by atoms with Crippen molar-refractivity contribution in [1.29, 1.82) is 0 Å². The normalized spacial score (nSPS) is 15.1. The zero-order chi connectivity index (χ0) is 19.3. The zero-order valence-corrected chi connectivity index (χ0v) is 16.6. The molecule has 1 aliphatic heterocycles. The third-order valence-electron chi connectivity index (χ3n) is 5.08. The van der Waals surface area contributed by atoms with E-state index in [1.54, 1.807) is 11.7 Å². The smallest absolute Gasteiger partial charge is 0.233 e. The molecule has 0 unspecified atom stereocenters. The first-order chi connectivity index (χ1) is 13.7. The van der Waals surface area contributed by atoms with Crippen molar-refractivity contribution in [3.05, 3.63) is 42.7 Å². The van der Waals surface area contributed by atoms with Crippen LogP contribution in [0.2, 0.25) is 0 Å². The molecule has 1 aliphatic rings. The highest BCUT2D eigenvalue weighted by Crippen LogP contribution is 2.24. The van der Waals surface area contributed by atoms with Crippen molar-refractivity contribution in [1.82, 2.24) is 34.7 Å². The van der Waals surface area contributed by atoms with Gasteiger partial charge in [-0.2, -0.15) is 0 Å². The zero-order valence-electron chi connectivity index (χ0n) is 15.8. The highest BCUT2D eigenvalue weighted by atomic mass is 32.2. The molecule has 0 atom stereocenters. The van der Waals surface area contributed by atoms with Gasteiger partial charge in [0.15, 0.2) is 0 Å². The Bertz CT molecular complexity index is 915. The molecule has 0 bridgehead atoms. The number of nitrogens with zero attached hydrogens (tertiary/aromatic N) is 7. The number of hydrogen-bond donors (Lipinski definition) is 0. The minimum atomic E-state index is 0.152. The Kier molecular flexibility index (Phi) is 5.70. The predicted molar refractivity (Wildman–Crippen MR) is 106 cm³/mol. The van der Waals surface area contributed by atoms with Gasteiger partial charge in [-0.05, 0) is 29.2 Å².